The van der Waals surface area contributed by atoms with Crippen molar-refractivity contribution >= 4 is 29.5 Å². The highest BCUT2D eigenvalue weighted by atomic mass is 32.1. The smallest absolute Gasteiger partial charge is 0.291 e. The molecule has 0 unspecified atom stereocenters. The number of carbonyl (C=O) groups excluding carboxylic acids is 1. The highest BCUT2D eigenvalue weighted by molar-refractivity contribution is 7.71. The Labute approximate surface area is 174 Å². The third-order valence-electron chi connectivity index (χ3n) is 4.23. The summed E-state index contributed by atoms with van der Waals surface area (Å²) in [7, 11) is 1.81. The van der Waals surface area contributed by atoms with Gasteiger partial charge in [0.25, 0.3) is 5.91 Å². The van der Waals surface area contributed by atoms with Gasteiger partial charge in [-0.25, -0.2) is 14.1 Å². The Morgan fingerprint density at radius 2 is 2.10 bits per heavy atom. The fraction of sp³-hybridized carbons (Fsp3) is 0.167. The van der Waals surface area contributed by atoms with Crippen LogP contribution in [0.4, 0.5) is 4.39 Å². The normalized spacial score (nSPS) is 11.0. The standard InChI is InChI=1S/C18H16FN7OS2/c1-25-14(22-23-18(25)28)8-9-20-17(27)15-21-16(13-3-2-10-29-13)26(24-15)12-6-4-11(19)5-7-12/h2-7,10H,8-9H2,1H3,(H,20,27)(H,23,28). The molecule has 148 valence electrons. The van der Waals surface area contributed by atoms with Crippen LogP contribution in [0.2, 0.25) is 0 Å². The number of carbonyl (C=O) groups is 1. The van der Waals surface area contributed by atoms with E-state index in [9.17, 15) is 9.18 Å². The van der Waals surface area contributed by atoms with Crippen molar-refractivity contribution < 1.29 is 9.18 Å². The van der Waals surface area contributed by atoms with Crippen molar-refractivity contribution in [1.29, 1.82) is 0 Å². The van der Waals surface area contributed by atoms with E-state index in [2.05, 4.69) is 25.6 Å². The molecule has 2 N–H and O–H groups in total. The van der Waals surface area contributed by atoms with E-state index in [0.717, 1.165) is 10.7 Å². The number of H-pyrrole nitrogens is 1. The number of nitrogens with one attached hydrogen (secondary N) is 2. The molecule has 29 heavy (non-hydrogen) atoms. The van der Waals surface area contributed by atoms with Crippen LogP contribution in [0.1, 0.15) is 16.4 Å². The fourth-order valence-corrected chi connectivity index (χ4v) is 3.56. The van der Waals surface area contributed by atoms with E-state index >= 15 is 0 Å². The molecule has 3 heterocycles. The molecule has 0 saturated heterocycles. The molecule has 0 saturated carbocycles. The molecule has 0 bridgehead atoms. The Hall–Kier alpha value is -3.18. The van der Waals surface area contributed by atoms with Crippen LogP contribution in [0.3, 0.4) is 0 Å². The number of aromatic nitrogens is 6. The van der Waals surface area contributed by atoms with Crippen LogP contribution >= 0.6 is 23.6 Å². The summed E-state index contributed by atoms with van der Waals surface area (Å²) in [6, 6.07) is 9.64. The topological polar surface area (TPSA) is 93.4 Å². The van der Waals surface area contributed by atoms with Gasteiger partial charge in [-0.15, -0.1) is 16.4 Å². The molecule has 0 radical (unpaired) electrons. The minimum absolute atomic E-state index is 0.0353. The van der Waals surface area contributed by atoms with E-state index in [-0.39, 0.29) is 11.6 Å². The van der Waals surface area contributed by atoms with Gasteiger partial charge >= 0.3 is 0 Å². The Morgan fingerprint density at radius 1 is 1.31 bits per heavy atom. The summed E-state index contributed by atoms with van der Waals surface area (Å²) >= 11 is 6.55. The number of nitrogens with zero attached hydrogens (tertiary/aromatic N) is 5. The summed E-state index contributed by atoms with van der Waals surface area (Å²) < 4.78 is 17.1. The first-order chi connectivity index (χ1) is 14.0. The molecule has 0 spiro atoms. The van der Waals surface area contributed by atoms with Crippen LogP contribution < -0.4 is 5.32 Å². The number of hydrogen-bond donors (Lipinski definition) is 2. The average molecular weight is 430 g/mol. The molecule has 4 aromatic rings. The first-order valence-corrected chi connectivity index (χ1v) is 9.97. The van der Waals surface area contributed by atoms with Crippen molar-refractivity contribution in [3.05, 3.63) is 64.0 Å². The van der Waals surface area contributed by atoms with Crippen molar-refractivity contribution in [3.8, 4) is 16.4 Å². The van der Waals surface area contributed by atoms with Gasteiger partial charge in [-0.05, 0) is 47.9 Å². The van der Waals surface area contributed by atoms with Crippen LogP contribution in [0.5, 0.6) is 0 Å². The van der Waals surface area contributed by atoms with Gasteiger partial charge in [-0.3, -0.25) is 9.89 Å². The Bertz CT molecular complexity index is 1190. The monoisotopic (exact) mass is 429 g/mol. The lowest BCUT2D eigenvalue weighted by Gasteiger charge is -2.04. The highest BCUT2D eigenvalue weighted by Gasteiger charge is 2.19. The molecule has 1 aromatic carbocycles. The molecule has 0 aliphatic carbocycles. The number of aromatic amines is 1. The molecule has 1 amide bonds. The van der Waals surface area contributed by atoms with Crippen molar-refractivity contribution in [3.63, 3.8) is 0 Å². The van der Waals surface area contributed by atoms with Crippen LogP contribution in [0.15, 0.2) is 41.8 Å². The molecular weight excluding hydrogens is 413 g/mol. The third-order valence-corrected chi connectivity index (χ3v) is 5.46. The lowest BCUT2D eigenvalue weighted by atomic mass is 10.3. The number of hydrogen-bond acceptors (Lipinski definition) is 6. The Kier molecular flexibility index (Phi) is 5.32. The zero-order valence-electron chi connectivity index (χ0n) is 15.3. The van der Waals surface area contributed by atoms with Crippen LogP contribution in [0, 0.1) is 10.6 Å². The second kappa shape index (κ2) is 8.05. The van der Waals surface area contributed by atoms with Crippen molar-refractivity contribution in [2.75, 3.05) is 6.54 Å². The van der Waals surface area contributed by atoms with E-state index in [1.807, 2.05) is 24.6 Å². The Morgan fingerprint density at radius 3 is 2.76 bits per heavy atom. The summed E-state index contributed by atoms with van der Waals surface area (Å²) in [5.41, 5.74) is 0.614. The minimum Gasteiger partial charge on any atom is -0.349 e. The summed E-state index contributed by atoms with van der Waals surface area (Å²) in [6.07, 6.45) is 0.506. The maximum atomic E-state index is 13.3. The largest absolute Gasteiger partial charge is 0.349 e. The highest BCUT2D eigenvalue weighted by Crippen LogP contribution is 2.25. The summed E-state index contributed by atoms with van der Waals surface area (Å²) in [5.74, 6) is 0.539. The second-order valence-electron chi connectivity index (χ2n) is 6.13. The lowest BCUT2D eigenvalue weighted by molar-refractivity contribution is 0.0943. The summed E-state index contributed by atoms with van der Waals surface area (Å²) in [5, 5.41) is 15.9. The van der Waals surface area contributed by atoms with Crippen LogP contribution in [-0.4, -0.2) is 42.0 Å². The Balaban J connectivity index is 1.56. The minimum atomic E-state index is -0.402. The number of benzene rings is 1. The quantitative estimate of drug-likeness (QED) is 0.460. The van der Waals surface area contributed by atoms with E-state index in [0.29, 0.717) is 29.2 Å². The first-order valence-electron chi connectivity index (χ1n) is 8.68. The van der Waals surface area contributed by atoms with Crippen LogP contribution in [0.25, 0.3) is 16.4 Å². The molecule has 0 aliphatic heterocycles. The molecule has 8 nitrogen and oxygen atoms in total. The molecule has 0 atom stereocenters. The third kappa shape index (κ3) is 4.00. The molecule has 3 aromatic heterocycles. The van der Waals surface area contributed by atoms with Crippen molar-refractivity contribution in [2.45, 2.75) is 6.42 Å². The maximum absolute atomic E-state index is 13.3. The van der Waals surface area contributed by atoms with Gasteiger partial charge < -0.3 is 9.88 Å². The second-order valence-corrected chi connectivity index (χ2v) is 7.47. The summed E-state index contributed by atoms with van der Waals surface area (Å²) in [4.78, 5) is 17.8. The van der Waals surface area contributed by atoms with E-state index in [1.165, 1.54) is 28.2 Å². The number of halogens is 1. The van der Waals surface area contributed by atoms with E-state index in [4.69, 9.17) is 12.2 Å². The molecular formula is C18H16FN7OS2. The van der Waals surface area contributed by atoms with E-state index in [1.54, 1.807) is 16.7 Å². The molecule has 0 aliphatic rings. The first kappa shape index (κ1) is 19.2. The predicted octanol–water partition coefficient (Wildman–Crippen LogP) is 2.90. The maximum Gasteiger partial charge on any atom is 0.291 e. The zero-order chi connectivity index (χ0) is 20.4. The fourth-order valence-electron chi connectivity index (χ4n) is 2.71. The van der Waals surface area contributed by atoms with Gasteiger partial charge in [0.2, 0.25) is 5.82 Å². The number of thiophene rings is 1. The zero-order valence-corrected chi connectivity index (χ0v) is 16.9. The SMILES string of the molecule is Cn1c(CCNC(=O)c2nc(-c3cccs3)n(-c3ccc(F)cc3)n2)n[nH]c1=S. The molecule has 4 rings (SSSR count). The summed E-state index contributed by atoms with van der Waals surface area (Å²) in [6.45, 7) is 0.353. The van der Waals surface area contributed by atoms with Gasteiger partial charge in [0.05, 0.1) is 10.6 Å². The van der Waals surface area contributed by atoms with E-state index < -0.39 is 5.91 Å². The number of rotatable bonds is 6. The van der Waals surface area contributed by atoms with Crippen LogP contribution in [-0.2, 0) is 13.5 Å². The van der Waals surface area contributed by atoms with Gasteiger partial charge in [0.1, 0.15) is 11.6 Å². The van der Waals surface area contributed by atoms with Gasteiger partial charge in [-0.2, -0.15) is 5.10 Å². The van der Waals surface area contributed by atoms with Gasteiger partial charge in [-0.1, -0.05) is 6.07 Å². The lowest BCUT2D eigenvalue weighted by Crippen LogP contribution is -2.27. The average Bonchev–Trinajstić information content (AvgIpc) is 3.45. The van der Waals surface area contributed by atoms with Gasteiger partial charge in [0.15, 0.2) is 10.6 Å². The molecule has 0 fully saturated rings. The molecule has 11 heteroatoms. The predicted molar refractivity (Wildman–Crippen MR) is 109 cm³/mol. The van der Waals surface area contributed by atoms with Gasteiger partial charge in [0, 0.05) is 20.0 Å². The van der Waals surface area contributed by atoms with Crippen molar-refractivity contribution in [2.24, 2.45) is 7.05 Å². The van der Waals surface area contributed by atoms with Crippen molar-refractivity contribution in [1.82, 2.24) is 34.8 Å². The number of amides is 1.